The summed E-state index contributed by atoms with van der Waals surface area (Å²) in [6, 6.07) is 18.8. The Morgan fingerprint density at radius 2 is 1.68 bits per heavy atom. The molecule has 5 nitrogen and oxygen atoms in total. The molecule has 0 unspecified atom stereocenters. The van der Waals surface area contributed by atoms with E-state index in [1.54, 1.807) is 11.8 Å². The number of piperazine rings is 1. The number of anilines is 1. The van der Waals surface area contributed by atoms with Gasteiger partial charge in [0.15, 0.2) is 0 Å². The topological polar surface area (TPSA) is 39.2 Å². The normalized spacial score (nSPS) is 22.1. The molecule has 2 fully saturated rings. The lowest BCUT2D eigenvalue weighted by Crippen LogP contribution is -2.49. The zero-order valence-electron chi connectivity index (χ0n) is 15.8. The smallest absolute Gasteiger partial charge is 0.229 e. The summed E-state index contributed by atoms with van der Waals surface area (Å²) < 4.78 is 0. The van der Waals surface area contributed by atoms with Gasteiger partial charge >= 0.3 is 0 Å². The van der Waals surface area contributed by atoms with Crippen molar-refractivity contribution < 1.29 is 4.79 Å². The van der Waals surface area contributed by atoms with Crippen LogP contribution in [0.5, 0.6) is 0 Å². The first-order valence-corrected chi connectivity index (χ1v) is 10.8. The van der Waals surface area contributed by atoms with Crippen LogP contribution < -0.4 is 4.90 Å². The summed E-state index contributed by atoms with van der Waals surface area (Å²) in [4.78, 5) is 25.4. The van der Waals surface area contributed by atoms with Crippen LogP contribution in [-0.2, 0) is 4.79 Å². The molecule has 0 aliphatic carbocycles. The molecule has 0 N–H and O–H groups in total. The van der Waals surface area contributed by atoms with E-state index in [9.17, 15) is 4.79 Å². The number of hydrogen-bond acceptors (Lipinski definition) is 5. The summed E-state index contributed by atoms with van der Waals surface area (Å²) in [5.41, 5.74) is 2.29. The third-order valence-electron chi connectivity index (χ3n) is 5.73. The minimum atomic E-state index is 0.178. The monoisotopic (exact) mass is 392 g/mol. The van der Waals surface area contributed by atoms with Crippen LogP contribution in [0.1, 0.15) is 6.42 Å². The average Bonchev–Trinajstić information content (AvgIpc) is 3.05. The molecule has 3 aliphatic rings. The molecule has 2 aromatic rings. The van der Waals surface area contributed by atoms with E-state index >= 15 is 0 Å². The number of aliphatic imine (C=N–C) groups is 1. The minimum Gasteiger partial charge on any atom is -0.369 e. The summed E-state index contributed by atoms with van der Waals surface area (Å²) in [5, 5.41) is 0.178. The molecule has 0 saturated carbocycles. The number of thioether (sulfide) groups is 1. The van der Waals surface area contributed by atoms with Crippen LogP contribution >= 0.6 is 11.8 Å². The fourth-order valence-corrected chi connectivity index (χ4v) is 5.37. The van der Waals surface area contributed by atoms with Crippen molar-refractivity contribution >= 4 is 34.9 Å². The molecule has 6 heteroatoms. The van der Waals surface area contributed by atoms with Crippen molar-refractivity contribution in [3.63, 3.8) is 0 Å². The SMILES string of the molecule is O=C1C[C@@H]2Sc3ccccc3N=C2N1CCN1CCN(c2ccccc2)CC1. The Morgan fingerprint density at radius 3 is 2.50 bits per heavy atom. The third-order valence-corrected chi connectivity index (χ3v) is 6.99. The summed E-state index contributed by atoms with van der Waals surface area (Å²) in [5.74, 6) is 1.17. The van der Waals surface area contributed by atoms with Gasteiger partial charge in [0.2, 0.25) is 5.91 Å². The Morgan fingerprint density at radius 1 is 0.929 bits per heavy atom. The van der Waals surface area contributed by atoms with E-state index in [4.69, 9.17) is 4.99 Å². The number of amidine groups is 1. The zero-order chi connectivity index (χ0) is 18.9. The van der Waals surface area contributed by atoms with Crippen molar-refractivity contribution in [3.05, 3.63) is 54.6 Å². The number of benzene rings is 2. The number of nitrogens with zero attached hydrogens (tertiary/aromatic N) is 4. The molecule has 3 aliphatic heterocycles. The van der Waals surface area contributed by atoms with Gasteiger partial charge in [0, 0.05) is 56.3 Å². The maximum atomic E-state index is 12.6. The van der Waals surface area contributed by atoms with Gasteiger partial charge in [-0.05, 0) is 24.3 Å². The summed E-state index contributed by atoms with van der Waals surface area (Å²) >= 11 is 1.78. The van der Waals surface area contributed by atoms with E-state index in [-0.39, 0.29) is 11.2 Å². The molecule has 0 spiro atoms. The molecular weight excluding hydrogens is 368 g/mol. The first-order valence-electron chi connectivity index (χ1n) is 9.95. The molecular formula is C22H24N4OS. The molecule has 5 rings (SSSR count). The number of rotatable bonds is 4. The molecule has 0 aromatic heterocycles. The number of carbonyl (C=O) groups excluding carboxylic acids is 1. The first-order chi connectivity index (χ1) is 13.8. The van der Waals surface area contributed by atoms with Gasteiger partial charge in [0.1, 0.15) is 5.84 Å². The molecule has 1 amide bonds. The highest BCUT2D eigenvalue weighted by atomic mass is 32.2. The maximum absolute atomic E-state index is 12.6. The van der Waals surface area contributed by atoms with Gasteiger partial charge in [-0.2, -0.15) is 0 Å². The maximum Gasteiger partial charge on any atom is 0.229 e. The second-order valence-electron chi connectivity index (χ2n) is 7.46. The number of amides is 1. The lowest BCUT2D eigenvalue weighted by molar-refractivity contribution is -0.125. The molecule has 3 heterocycles. The van der Waals surface area contributed by atoms with Crippen molar-refractivity contribution in [1.82, 2.24) is 9.80 Å². The molecule has 144 valence electrons. The zero-order valence-corrected chi connectivity index (χ0v) is 16.6. The second-order valence-corrected chi connectivity index (χ2v) is 8.70. The standard InChI is InChI=1S/C22H24N4OS/c27-21-16-20-22(23-18-8-4-5-9-19(18)28-20)26(21)15-12-24-10-13-25(14-11-24)17-6-2-1-3-7-17/h1-9,20H,10-16H2/t20-/m0/s1. The van der Waals surface area contributed by atoms with Crippen molar-refractivity contribution in [1.29, 1.82) is 0 Å². The highest BCUT2D eigenvalue weighted by molar-refractivity contribution is 8.01. The summed E-state index contributed by atoms with van der Waals surface area (Å²) in [6.07, 6.45) is 0.569. The number of likely N-dealkylation sites (tertiary alicyclic amines) is 1. The van der Waals surface area contributed by atoms with Gasteiger partial charge in [-0.1, -0.05) is 30.3 Å². The van der Waals surface area contributed by atoms with E-state index in [1.807, 2.05) is 23.1 Å². The lowest BCUT2D eigenvalue weighted by Gasteiger charge is -2.36. The van der Waals surface area contributed by atoms with Gasteiger partial charge in [-0.15, -0.1) is 11.8 Å². The van der Waals surface area contributed by atoms with Crippen LogP contribution in [-0.4, -0.2) is 66.1 Å². The van der Waals surface area contributed by atoms with E-state index in [0.29, 0.717) is 6.42 Å². The number of fused-ring (bicyclic) bond motifs is 2. The lowest BCUT2D eigenvalue weighted by atomic mass is 10.2. The van der Waals surface area contributed by atoms with Crippen LogP contribution in [0.4, 0.5) is 11.4 Å². The van der Waals surface area contributed by atoms with E-state index in [0.717, 1.165) is 50.8 Å². The van der Waals surface area contributed by atoms with Crippen molar-refractivity contribution in [3.8, 4) is 0 Å². The van der Waals surface area contributed by atoms with Gasteiger partial charge < -0.3 is 4.90 Å². The Kier molecular flexibility index (Phi) is 4.82. The van der Waals surface area contributed by atoms with Gasteiger partial charge in [-0.25, -0.2) is 4.99 Å². The molecule has 0 radical (unpaired) electrons. The number of carbonyl (C=O) groups is 1. The summed E-state index contributed by atoms with van der Waals surface area (Å²) in [7, 11) is 0. The highest BCUT2D eigenvalue weighted by Gasteiger charge is 2.39. The molecule has 0 bridgehead atoms. The van der Waals surface area contributed by atoms with Crippen LogP contribution in [0.25, 0.3) is 0 Å². The van der Waals surface area contributed by atoms with Gasteiger partial charge in [0.25, 0.3) is 0 Å². The quantitative estimate of drug-likeness (QED) is 0.801. The predicted molar refractivity (Wildman–Crippen MR) is 115 cm³/mol. The molecule has 28 heavy (non-hydrogen) atoms. The van der Waals surface area contributed by atoms with E-state index in [2.05, 4.69) is 46.2 Å². The molecule has 2 aromatic carbocycles. The van der Waals surface area contributed by atoms with Crippen LogP contribution in [0.3, 0.4) is 0 Å². The Hall–Kier alpha value is -2.31. The van der Waals surface area contributed by atoms with Crippen molar-refractivity contribution in [2.24, 2.45) is 4.99 Å². The van der Waals surface area contributed by atoms with Crippen molar-refractivity contribution in [2.75, 3.05) is 44.2 Å². The fourth-order valence-electron chi connectivity index (χ4n) is 4.16. The minimum absolute atomic E-state index is 0.178. The van der Waals surface area contributed by atoms with Gasteiger partial charge in [0.05, 0.1) is 10.9 Å². The van der Waals surface area contributed by atoms with Crippen LogP contribution in [0, 0.1) is 0 Å². The van der Waals surface area contributed by atoms with Crippen LogP contribution in [0.2, 0.25) is 0 Å². The van der Waals surface area contributed by atoms with Crippen LogP contribution in [0.15, 0.2) is 64.5 Å². The Bertz CT molecular complexity index is 892. The van der Waals surface area contributed by atoms with E-state index < -0.39 is 0 Å². The van der Waals surface area contributed by atoms with Crippen molar-refractivity contribution in [2.45, 2.75) is 16.6 Å². The second kappa shape index (κ2) is 7.60. The fraction of sp³-hybridized carbons (Fsp3) is 0.364. The largest absolute Gasteiger partial charge is 0.369 e. The van der Waals surface area contributed by atoms with E-state index in [1.165, 1.54) is 10.6 Å². The number of para-hydroxylation sites is 2. The highest BCUT2D eigenvalue weighted by Crippen LogP contribution is 2.42. The average molecular weight is 393 g/mol. The summed E-state index contributed by atoms with van der Waals surface area (Å²) in [6.45, 7) is 5.78. The molecule has 2 saturated heterocycles. The van der Waals surface area contributed by atoms with Gasteiger partial charge in [-0.3, -0.25) is 14.6 Å². The third kappa shape index (κ3) is 3.42. The Balaban J connectivity index is 1.20. The predicted octanol–water partition coefficient (Wildman–Crippen LogP) is 3.25. The molecule has 1 atom stereocenters. The first kappa shape index (κ1) is 17.8. The number of hydrogen-bond donors (Lipinski definition) is 0. The Labute approximate surface area is 170 Å².